The third-order valence-electron chi connectivity index (χ3n) is 4.05. The van der Waals surface area contributed by atoms with Gasteiger partial charge in [0.25, 0.3) is 5.91 Å². The van der Waals surface area contributed by atoms with E-state index in [0.717, 1.165) is 38.5 Å². The standard InChI is InChI=1S/C15H26N2O3/c1-14(2,3)20-11-10-17-12(18)15(16-13(17)19)8-6-4-5-7-9-15/h4-11H2,1-3H3,(H,16,19). The maximum atomic E-state index is 12.6. The molecule has 0 atom stereocenters. The van der Waals surface area contributed by atoms with E-state index in [-0.39, 0.29) is 17.5 Å². The molecule has 3 amide bonds. The Morgan fingerprint density at radius 3 is 2.30 bits per heavy atom. The fourth-order valence-corrected chi connectivity index (χ4v) is 2.99. The Labute approximate surface area is 121 Å². The molecule has 5 nitrogen and oxygen atoms in total. The molecule has 1 heterocycles. The topological polar surface area (TPSA) is 58.6 Å². The van der Waals surface area contributed by atoms with Crippen molar-refractivity contribution < 1.29 is 14.3 Å². The monoisotopic (exact) mass is 282 g/mol. The fraction of sp³-hybridized carbons (Fsp3) is 0.867. The van der Waals surface area contributed by atoms with Gasteiger partial charge in [0.15, 0.2) is 0 Å². The SMILES string of the molecule is CC(C)(C)OCCN1C(=O)NC2(CCCCCC2)C1=O. The summed E-state index contributed by atoms with van der Waals surface area (Å²) in [5, 5.41) is 2.94. The molecule has 1 spiro atoms. The Morgan fingerprint density at radius 2 is 1.75 bits per heavy atom. The van der Waals surface area contributed by atoms with Crippen LogP contribution in [0.1, 0.15) is 59.3 Å². The van der Waals surface area contributed by atoms with Crippen LogP contribution in [0.4, 0.5) is 4.79 Å². The van der Waals surface area contributed by atoms with Gasteiger partial charge in [-0.1, -0.05) is 25.7 Å². The minimum Gasteiger partial charge on any atom is -0.374 e. The summed E-state index contributed by atoms with van der Waals surface area (Å²) in [6.45, 7) is 6.62. The van der Waals surface area contributed by atoms with Crippen LogP contribution in [0.25, 0.3) is 0 Å². The Balaban J connectivity index is 1.97. The molecular weight excluding hydrogens is 256 g/mol. The number of carbonyl (C=O) groups excluding carboxylic acids is 2. The molecule has 114 valence electrons. The van der Waals surface area contributed by atoms with Crippen LogP contribution < -0.4 is 5.32 Å². The molecule has 0 unspecified atom stereocenters. The lowest BCUT2D eigenvalue weighted by molar-refractivity contribution is -0.132. The molecule has 2 aliphatic rings. The maximum absolute atomic E-state index is 12.6. The molecule has 1 aliphatic heterocycles. The van der Waals surface area contributed by atoms with Crippen molar-refractivity contribution in [3.8, 4) is 0 Å². The highest BCUT2D eigenvalue weighted by molar-refractivity contribution is 6.07. The van der Waals surface area contributed by atoms with Crippen LogP contribution in [0.15, 0.2) is 0 Å². The van der Waals surface area contributed by atoms with Crippen molar-refractivity contribution in [3.63, 3.8) is 0 Å². The highest BCUT2D eigenvalue weighted by Crippen LogP contribution is 2.32. The van der Waals surface area contributed by atoms with Crippen molar-refractivity contribution in [2.75, 3.05) is 13.2 Å². The van der Waals surface area contributed by atoms with E-state index in [1.807, 2.05) is 20.8 Å². The fourth-order valence-electron chi connectivity index (χ4n) is 2.99. The highest BCUT2D eigenvalue weighted by Gasteiger charge is 2.50. The number of nitrogens with zero attached hydrogens (tertiary/aromatic N) is 1. The molecule has 1 saturated heterocycles. The molecular formula is C15H26N2O3. The molecule has 5 heteroatoms. The largest absolute Gasteiger partial charge is 0.374 e. The van der Waals surface area contributed by atoms with Gasteiger partial charge in [0, 0.05) is 0 Å². The van der Waals surface area contributed by atoms with Crippen LogP contribution in [-0.2, 0) is 9.53 Å². The van der Waals surface area contributed by atoms with Gasteiger partial charge < -0.3 is 10.1 Å². The highest BCUT2D eigenvalue weighted by atomic mass is 16.5. The lowest BCUT2D eigenvalue weighted by Gasteiger charge is -2.25. The summed E-state index contributed by atoms with van der Waals surface area (Å²) in [7, 11) is 0. The summed E-state index contributed by atoms with van der Waals surface area (Å²) in [5.74, 6) is -0.0538. The van der Waals surface area contributed by atoms with E-state index in [2.05, 4.69) is 5.32 Å². The average molecular weight is 282 g/mol. The van der Waals surface area contributed by atoms with Gasteiger partial charge in [-0.25, -0.2) is 4.79 Å². The quantitative estimate of drug-likeness (QED) is 0.809. The summed E-state index contributed by atoms with van der Waals surface area (Å²) in [5.41, 5.74) is -0.880. The summed E-state index contributed by atoms with van der Waals surface area (Å²) >= 11 is 0. The molecule has 0 aromatic heterocycles. The van der Waals surface area contributed by atoms with Crippen molar-refractivity contribution >= 4 is 11.9 Å². The first-order chi connectivity index (χ1) is 9.34. The molecule has 0 aromatic carbocycles. The number of nitrogens with one attached hydrogen (secondary N) is 1. The van der Waals surface area contributed by atoms with Crippen LogP contribution in [0.2, 0.25) is 0 Å². The van der Waals surface area contributed by atoms with Crippen molar-refractivity contribution in [2.45, 2.75) is 70.4 Å². The molecule has 1 N–H and O–H groups in total. The van der Waals surface area contributed by atoms with E-state index in [1.165, 1.54) is 4.90 Å². The predicted molar refractivity (Wildman–Crippen MR) is 76.4 cm³/mol. The van der Waals surface area contributed by atoms with Gasteiger partial charge in [0.1, 0.15) is 5.54 Å². The number of rotatable bonds is 3. The predicted octanol–water partition coefficient (Wildman–Crippen LogP) is 2.45. The van der Waals surface area contributed by atoms with Crippen LogP contribution in [0.5, 0.6) is 0 Å². The minimum atomic E-state index is -0.630. The first kappa shape index (κ1) is 15.3. The van der Waals surface area contributed by atoms with E-state index in [0.29, 0.717) is 13.2 Å². The molecule has 1 aliphatic carbocycles. The average Bonchev–Trinajstić information content (AvgIpc) is 2.54. The number of carbonyl (C=O) groups is 2. The second-order valence-corrected chi connectivity index (χ2v) is 6.84. The van der Waals surface area contributed by atoms with Gasteiger partial charge in [0.05, 0.1) is 18.8 Å². The summed E-state index contributed by atoms with van der Waals surface area (Å²) < 4.78 is 5.61. The zero-order valence-electron chi connectivity index (χ0n) is 12.8. The summed E-state index contributed by atoms with van der Waals surface area (Å²) in [6.07, 6.45) is 5.87. The lowest BCUT2D eigenvalue weighted by atomic mass is 9.90. The van der Waals surface area contributed by atoms with Crippen LogP contribution in [-0.4, -0.2) is 41.1 Å². The summed E-state index contributed by atoms with van der Waals surface area (Å²) in [4.78, 5) is 26.0. The van der Waals surface area contributed by atoms with E-state index in [4.69, 9.17) is 4.74 Å². The lowest BCUT2D eigenvalue weighted by Crippen LogP contribution is -2.46. The molecule has 20 heavy (non-hydrogen) atoms. The second-order valence-electron chi connectivity index (χ2n) is 6.84. The van der Waals surface area contributed by atoms with Gasteiger partial charge in [0.2, 0.25) is 0 Å². The number of hydrogen-bond acceptors (Lipinski definition) is 3. The number of imide groups is 1. The Kier molecular flexibility index (Phi) is 4.37. The summed E-state index contributed by atoms with van der Waals surface area (Å²) in [6, 6.07) is -0.255. The Bertz CT molecular complexity index is 379. The first-order valence-electron chi connectivity index (χ1n) is 7.62. The van der Waals surface area contributed by atoms with Crippen LogP contribution in [0, 0.1) is 0 Å². The van der Waals surface area contributed by atoms with Gasteiger partial charge in [-0.15, -0.1) is 0 Å². The molecule has 1 saturated carbocycles. The molecule has 2 rings (SSSR count). The minimum absolute atomic E-state index is 0.0538. The normalized spacial score (nSPS) is 23.1. The molecule has 0 aromatic rings. The number of hydrogen-bond donors (Lipinski definition) is 1. The van der Waals surface area contributed by atoms with Crippen LogP contribution >= 0.6 is 0 Å². The maximum Gasteiger partial charge on any atom is 0.325 e. The third kappa shape index (κ3) is 3.32. The van der Waals surface area contributed by atoms with E-state index < -0.39 is 5.54 Å². The van der Waals surface area contributed by atoms with Crippen molar-refractivity contribution in [2.24, 2.45) is 0 Å². The number of ether oxygens (including phenoxy) is 1. The number of urea groups is 1. The zero-order valence-corrected chi connectivity index (χ0v) is 12.8. The van der Waals surface area contributed by atoms with E-state index >= 15 is 0 Å². The van der Waals surface area contributed by atoms with Gasteiger partial charge in [-0.05, 0) is 33.6 Å². The van der Waals surface area contributed by atoms with Crippen molar-refractivity contribution in [1.29, 1.82) is 0 Å². The second kappa shape index (κ2) is 5.72. The van der Waals surface area contributed by atoms with Gasteiger partial charge in [-0.3, -0.25) is 9.69 Å². The Hall–Kier alpha value is -1.10. The number of amides is 3. The zero-order chi connectivity index (χ0) is 14.8. The van der Waals surface area contributed by atoms with Crippen molar-refractivity contribution in [3.05, 3.63) is 0 Å². The van der Waals surface area contributed by atoms with E-state index in [9.17, 15) is 9.59 Å². The van der Waals surface area contributed by atoms with Crippen molar-refractivity contribution in [1.82, 2.24) is 10.2 Å². The van der Waals surface area contributed by atoms with Crippen LogP contribution in [0.3, 0.4) is 0 Å². The molecule has 0 radical (unpaired) electrons. The Morgan fingerprint density at radius 1 is 1.15 bits per heavy atom. The molecule has 0 bridgehead atoms. The third-order valence-corrected chi connectivity index (χ3v) is 4.05. The first-order valence-corrected chi connectivity index (χ1v) is 7.62. The van der Waals surface area contributed by atoms with Gasteiger partial charge in [-0.2, -0.15) is 0 Å². The smallest absolute Gasteiger partial charge is 0.325 e. The van der Waals surface area contributed by atoms with E-state index in [1.54, 1.807) is 0 Å². The van der Waals surface area contributed by atoms with Gasteiger partial charge >= 0.3 is 6.03 Å². The molecule has 2 fully saturated rings.